The Morgan fingerprint density at radius 1 is 1.10 bits per heavy atom. The van der Waals surface area contributed by atoms with Crippen molar-refractivity contribution in [3.63, 3.8) is 0 Å². The molecule has 1 N–H and O–H groups in total. The Bertz CT molecular complexity index is 856. The van der Waals surface area contributed by atoms with Crippen LogP contribution in [0.5, 0.6) is 0 Å². The van der Waals surface area contributed by atoms with E-state index in [1.807, 2.05) is 0 Å². The van der Waals surface area contributed by atoms with Gasteiger partial charge in [-0.2, -0.15) is 26.3 Å². The molecule has 1 saturated carbocycles. The lowest BCUT2D eigenvalue weighted by Crippen LogP contribution is -2.62. The Labute approximate surface area is 172 Å². The van der Waals surface area contributed by atoms with Crippen LogP contribution in [0.4, 0.5) is 31.1 Å². The Morgan fingerprint density at radius 2 is 1.68 bits per heavy atom. The van der Waals surface area contributed by atoms with Gasteiger partial charge in [0.1, 0.15) is 6.61 Å². The Morgan fingerprint density at radius 3 is 2.16 bits per heavy atom. The van der Waals surface area contributed by atoms with Gasteiger partial charge in [-0.05, 0) is 36.6 Å². The van der Waals surface area contributed by atoms with Gasteiger partial charge < -0.3 is 19.7 Å². The first-order valence-electron chi connectivity index (χ1n) is 9.48. The highest BCUT2D eigenvalue weighted by Gasteiger charge is 2.54. The molecule has 2 saturated heterocycles. The summed E-state index contributed by atoms with van der Waals surface area (Å²) in [6.07, 6.45) is -9.89. The predicted octanol–water partition coefficient (Wildman–Crippen LogP) is 3.34. The molecule has 3 fully saturated rings. The van der Waals surface area contributed by atoms with Crippen LogP contribution < -0.4 is 5.32 Å². The molecule has 4 rings (SSSR count). The van der Waals surface area contributed by atoms with Gasteiger partial charge in [-0.1, -0.05) is 0 Å². The summed E-state index contributed by atoms with van der Waals surface area (Å²) in [6, 6.07) is 1.32. The standard InChI is InChI=1S/C19H18F6N2O4/c20-18(21,22)12-1-10(2-13(3-12)19(23,24)25)8-30-14-6-27(7-14)15(28)11-4-17(5-11)9-31-16(29)26-17/h1-3,11,14H,4-9H2,(H,26,29). The third-order valence-electron chi connectivity index (χ3n) is 5.76. The minimum Gasteiger partial charge on any atom is -0.447 e. The summed E-state index contributed by atoms with van der Waals surface area (Å²) in [4.78, 5) is 25.1. The van der Waals surface area contributed by atoms with Crippen LogP contribution in [0.2, 0.25) is 0 Å². The quantitative estimate of drug-likeness (QED) is 0.712. The molecule has 1 aromatic rings. The molecule has 170 valence electrons. The van der Waals surface area contributed by atoms with E-state index in [1.54, 1.807) is 0 Å². The number of halogens is 6. The van der Waals surface area contributed by atoms with Crippen molar-refractivity contribution in [3.8, 4) is 0 Å². The number of amides is 2. The van der Waals surface area contributed by atoms with E-state index >= 15 is 0 Å². The average molecular weight is 452 g/mol. The highest BCUT2D eigenvalue weighted by atomic mass is 19.4. The van der Waals surface area contributed by atoms with Gasteiger partial charge in [0.2, 0.25) is 5.91 Å². The lowest BCUT2D eigenvalue weighted by molar-refractivity contribution is -0.156. The second-order valence-corrected chi connectivity index (χ2v) is 8.18. The van der Waals surface area contributed by atoms with Gasteiger partial charge in [-0.25, -0.2) is 4.79 Å². The summed E-state index contributed by atoms with van der Waals surface area (Å²) in [5.74, 6) is -0.384. The fourth-order valence-corrected chi connectivity index (χ4v) is 4.07. The lowest BCUT2D eigenvalue weighted by atomic mass is 9.68. The van der Waals surface area contributed by atoms with Gasteiger partial charge in [-0.15, -0.1) is 0 Å². The number of alkyl carbamates (subject to hydrolysis) is 1. The number of ether oxygens (including phenoxy) is 2. The summed E-state index contributed by atoms with van der Waals surface area (Å²) in [7, 11) is 0. The molecule has 31 heavy (non-hydrogen) atoms. The third-order valence-corrected chi connectivity index (χ3v) is 5.76. The van der Waals surface area contributed by atoms with Crippen LogP contribution in [-0.2, 0) is 33.2 Å². The minimum absolute atomic E-state index is 0.0659. The molecule has 1 aromatic carbocycles. The van der Waals surface area contributed by atoms with E-state index in [0.29, 0.717) is 25.0 Å². The molecule has 0 atom stereocenters. The van der Waals surface area contributed by atoms with Gasteiger partial charge in [0.05, 0.1) is 29.4 Å². The number of rotatable bonds is 4. The average Bonchev–Trinajstić information content (AvgIpc) is 2.99. The molecule has 2 amide bonds. The molecule has 3 aliphatic rings. The van der Waals surface area contributed by atoms with Gasteiger partial charge in [0.25, 0.3) is 0 Å². The number of nitrogens with one attached hydrogen (secondary N) is 1. The monoisotopic (exact) mass is 452 g/mol. The minimum atomic E-state index is -4.92. The molecule has 0 radical (unpaired) electrons. The second kappa shape index (κ2) is 7.28. The molecule has 0 aromatic heterocycles. The van der Waals surface area contributed by atoms with Crippen LogP contribution in [-0.4, -0.2) is 48.2 Å². The maximum atomic E-state index is 12.9. The zero-order valence-electron chi connectivity index (χ0n) is 16.0. The first-order valence-corrected chi connectivity index (χ1v) is 9.48. The highest BCUT2D eigenvalue weighted by Crippen LogP contribution is 2.42. The van der Waals surface area contributed by atoms with Crippen LogP contribution in [0.1, 0.15) is 29.5 Å². The van der Waals surface area contributed by atoms with E-state index < -0.39 is 47.8 Å². The zero-order chi connectivity index (χ0) is 22.6. The van der Waals surface area contributed by atoms with Crippen molar-refractivity contribution in [1.82, 2.24) is 10.2 Å². The summed E-state index contributed by atoms with van der Waals surface area (Å²) < 4.78 is 87.8. The van der Waals surface area contributed by atoms with E-state index in [4.69, 9.17) is 9.47 Å². The maximum absolute atomic E-state index is 12.9. The van der Waals surface area contributed by atoms with Gasteiger partial charge >= 0.3 is 18.4 Å². The second-order valence-electron chi connectivity index (χ2n) is 8.18. The van der Waals surface area contributed by atoms with Crippen LogP contribution in [0, 0.1) is 5.92 Å². The van der Waals surface area contributed by atoms with Crippen molar-refractivity contribution in [1.29, 1.82) is 0 Å². The van der Waals surface area contributed by atoms with Crippen molar-refractivity contribution in [2.24, 2.45) is 5.92 Å². The molecule has 1 spiro atoms. The van der Waals surface area contributed by atoms with Crippen LogP contribution in [0.15, 0.2) is 18.2 Å². The van der Waals surface area contributed by atoms with Crippen molar-refractivity contribution in [2.45, 2.75) is 43.4 Å². The number of hydrogen-bond donors (Lipinski definition) is 1. The van der Waals surface area contributed by atoms with Crippen molar-refractivity contribution < 1.29 is 45.4 Å². The topological polar surface area (TPSA) is 67.9 Å². The molecule has 2 heterocycles. The molecule has 2 aliphatic heterocycles. The third kappa shape index (κ3) is 4.43. The Hall–Kier alpha value is -2.50. The van der Waals surface area contributed by atoms with Crippen molar-refractivity contribution >= 4 is 12.0 Å². The number of likely N-dealkylation sites (tertiary alicyclic amines) is 1. The van der Waals surface area contributed by atoms with Crippen LogP contribution >= 0.6 is 0 Å². The van der Waals surface area contributed by atoms with Gasteiger partial charge in [0, 0.05) is 19.0 Å². The van der Waals surface area contributed by atoms with Crippen LogP contribution in [0.3, 0.4) is 0 Å². The summed E-state index contributed by atoms with van der Waals surface area (Å²) >= 11 is 0. The fraction of sp³-hybridized carbons (Fsp3) is 0.579. The van der Waals surface area contributed by atoms with E-state index in [9.17, 15) is 35.9 Å². The molecule has 1 aliphatic carbocycles. The first-order chi connectivity index (χ1) is 14.3. The molecule has 12 heteroatoms. The molecule has 0 unspecified atom stereocenters. The molecule has 6 nitrogen and oxygen atoms in total. The Balaban J connectivity index is 1.29. The summed E-state index contributed by atoms with van der Waals surface area (Å²) in [6.45, 7) is 0.195. The van der Waals surface area contributed by atoms with E-state index in [-0.39, 0.29) is 43.2 Å². The fourth-order valence-electron chi connectivity index (χ4n) is 4.07. The number of hydrogen-bond acceptors (Lipinski definition) is 4. The van der Waals surface area contributed by atoms with Gasteiger partial charge in [-0.3, -0.25) is 4.79 Å². The van der Waals surface area contributed by atoms with Gasteiger partial charge in [0.15, 0.2) is 0 Å². The number of benzene rings is 1. The molecular weight excluding hydrogens is 434 g/mol. The lowest BCUT2D eigenvalue weighted by Gasteiger charge is -2.47. The van der Waals surface area contributed by atoms with E-state index in [1.165, 1.54) is 4.90 Å². The number of alkyl halides is 6. The smallest absolute Gasteiger partial charge is 0.416 e. The highest BCUT2D eigenvalue weighted by molar-refractivity contribution is 5.82. The maximum Gasteiger partial charge on any atom is 0.416 e. The van der Waals surface area contributed by atoms with E-state index in [2.05, 4.69) is 5.32 Å². The Kier molecular flexibility index (Phi) is 5.10. The first kappa shape index (κ1) is 21.7. The predicted molar refractivity (Wildman–Crippen MR) is 91.5 cm³/mol. The number of carbonyl (C=O) groups excluding carboxylic acids is 2. The van der Waals surface area contributed by atoms with Crippen molar-refractivity contribution in [3.05, 3.63) is 34.9 Å². The SMILES string of the molecule is O=C1NC2(CO1)CC(C(=O)N1CC(OCc3cc(C(F)(F)F)cc(C(F)(F)F)c3)C1)C2. The normalized spacial score (nSPS) is 26.3. The number of carbonyl (C=O) groups is 2. The summed E-state index contributed by atoms with van der Waals surface area (Å²) in [5, 5.41) is 2.69. The summed E-state index contributed by atoms with van der Waals surface area (Å²) in [5.41, 5.74) is -3.52. The largest absolute Gasteiger partial charge is 0.447 e. The van der Waals surface area contributed by atoms with Crippen molar-refractivity contribution in [2.75, 3.05) is 19.7 Å². The molecule has 0 bridgehead atoms. The van der Waals surface area contributed by atoms with Crippen LogP contribution in [0.25, 0.3) is 0 Å². The number of nitrogens with zero attached hydrogens (tertiary/aromatic N) is 1. The van der Waals surface area contributed by atoms with E-state index in [0.717, 1.165) is 0 Å². The zero-order valence-corrected chi connectivity index (χ0v) is 16.0. The molecular formula is C19H18F6N2O4. The number of cyclic esters (lactones) is 1.